The van der Waals surface area contributed by atoms with Crippen molar-refractivity contribution in [1.82, 2.24) is 4.68 Å². The first-order chi connectivity index (χ1) is 13.1. The average Bonchev–Trinajstić information content (AvgIpc) is 3.30. The van der Waals surface area contributed by atoms with E-state index in [9.17, 15) is 4.79 Å². The number of carbonyl (C=O) groups is 1. The van der Waals surface area contributed by atoms with E-state index < -0.39 is 0 Å². The van der Waals surface area contributed by atoms with Crippen molar-refractivity contribution in [2.75, 3.05) is 12.4 Å². The second-order valence-corrected chi connectivity index (χ2v) is 7.46. The van der Waals surface area contributed by atoms with Crippen LogP contribution in [0.3, 0.4) is 0 Å². The van der Waals surface area contributed by atoms with Gasteiger partial charge in [-0.2, -0.15) is 0 Å². The molecule has 1 aromatic heterocycles. The lowest BCUT2D eigenvalue weighted by Gasteiger charge is -2.15. The van der Waals surface area contributed by atoms with E-state index in [1.807, 2.05) is 22.9 Å². The van der Waals surface area contributed by atoms with Gasteiger partial charge in [0.05, 0.1) is 17.8 Å². The van der Waals surface area contributed by atoms with Crippen molar-refractivity contribution >= 4 is 16.9 Å². The molecule has 0 atom stereocenters. The van der Waals surface area contributed by atoms with Crippen molar-refractivity contribution in [3.8, 4) is 11.3 Å². The van der Waals surface area contributed by atoms with Crippen LogP contribution in [0.15, 0.2) is 48.5 Å². The fourth-order valence-electron chi connectivity index (χ4n) is 4.31. The number of benzene rings is 2. The fraction of sp³-hybridized carbons (Fsp3) is 0.348. The first-order valence-electron chi connectivity index (χ1n) is 9.75. The Bertz CT molecular complexity index is 953. The predicted molar refractivity (Wildman–Crippen MR) is 109 cm³/mol. The number of nitrogen functional groups attached to an aromatic ring is 1. The number of esters is 1. The molecule has 2 N–H and O–H groups in total. The fourth-order valence-corrected chi connectivity index (χ4v) is 4.31. The number of ether oxygens (including phenoxy) is 1. The Balaban J connectivity index is 1.80. The van der Waals surface area contributed by atoms with Gasteiger partial charge >= 0.3 is 5.97 Å². The lowest BCUT2D eigenvalue weighted by molar-refractivity contribution is -0.140. The van der Waals surface area contributed by atoms with Gasteiger partial charge in [-0.05, 0) is 42.0 Å². The molecule has 3 aromatic rings. The molecule has 0 aliphatic heterocycles. The van der Waals surface area contributed by atoms with E-state index in [-0.39, 0.29) is 5.97 Å². The number of aromatic nitrogens is 1. The van der Waals surface area contributed by atoms with E-state index in [0.29, 0.717) is 12.5 Å². The van der Waals surface area contributed by atoms with Crippen LogP contribution in [0.5, 0.6) is 0 Å². The summed E-state index contributed by atoms with van der Waals surface area (Å²) in [4.78, 5) is 11.1. The normalized spacial score (nSPS) is 14.7. The number of carbonyl (C=O) groups excluding carboxylic acids is 1. The monoisotopic (exact) mass is 362 g/mol. The van der Waals surface area contributed by atoms with Crippen molar-refractivity contribution in [2.45, 2.75) is 44.9 Å². The van der Waals surface area contributed by atoms with Gasteiger partial charge in [-0.25, -0.2) is 0 Å². The van der Waals surface area contributed by atoms with Crippen LogP contribution in [-0.2, 0) is 16.0 Å². The van der Waals surface area contributed by atoms with Gasteiger partial charge in [0.2, 0.25) is 0 Å². The number of hydrogen-bond acceptors (Lipinski definition) is 3. The van der Waals surface area contributed by atoms with Gasteiger partial charge < -0.3 is 10.6 Å². The molecule has 1 heterocycles. The van der Waals surface area contributed by atoms with Crippen LogP contribution in [0.4, 0.5) is 0 Å². The second-order valence-electron chi connectivity index (χ2n) is 7.46. The number of fused-ring (bicyclic) bond motifs is 1. The molecule has 1 aliphatic rings. The van der Waals surface area contributed by atoms with Gasteiger partial charge in [0.15, 0.2) is 0 Å². The van der Waals surface area contributed by atoms with E-state index in [2.05, 4.69) is 30.3 Å². The van der Waals surface area contributed by atoms with Gasteiger partial charge in [-0.3, -0.25) is 9.47 Å². The zero-order valence-corrected chi connectivity index (χ0v) is 15.8. The summed E-state index contributed by atoms with van der Waals surface area (Å²) in [5.41, 5.74) is 5.83. The van der Waals surface area contributed by atoms with Gasteiger partial charge in [-0.1, -0.05) is 49.2 Å². The molecule has 0 unspecified atom stereocenters. The summed E-state index contributed by atoms with van der Waals surface area (Å²) in [5.74, 6) is 6.90. The molecule has 0 radical (unpaired) electrons. The van der Waals surface area contributed by atoms with Gasteiger partial charge in [0.25, 0.3) is 0 Å². The van der Waals surface area contributed by atoms with Gasteiger partial charge in [-0.15, -0.1) is 0 Å². The average molecular weight is 362 g/mol. The van der Waals surface area contributed by atoms with Crippen LogP contribution in [0.25, 0.3) is 22.2 Å². The van der Waals surface area contributed by atoms with Crippen molar-refractivity contribution in [1.29, 1.82) is 0 Å². The lowest BCUT2D eigenvalue weighted by Crippen LogP contribution is -2.12. The van der Waals surface area contributed by atoms with Crippen molar-refractivity contribution in [3.05, 3.63) is 59.7 Å². The standard InChI is InChI=1S/C23H26N2O2/c1-16(26)27-12-11-17-13-20-15-22(19-9-3-2-4-10-19)25(24)23(20)21(14-17)18-7-5-6-8-18/h2-4,9-10,13-15,18H,5-8,11-12,24H2,1H3. The smallest absolute Gasteiger partial charge is 0.302 e. The zero-order chi connectivity index (χ0) is 18.8. The Morgan fingerprint density at radius 3 is 2.59 bits per heavy atom. The SMILES string of the molecule is CC(=O)OCCc1cc(C2CCCC2)c2c(c1)cc(-c1ccccc1)n2N. The van der Waals surface area contributed by atoms with Crippen LogP contribution in [-0.4, -0.2) is 17.3 Å². The summed E-state index contributed by atoms with van der Waals surface area (Å²) in [6.45, 7) is 1.87. The summed E-state index contributed by atoms with van der Waals surface area (Å²) < 4.78 is 7.01. The van der Waals surface area contributed by atoms with E-state index in [4.69, 9.17) is 10.6 Å². The third-order valence-electron chi connectivity index (χ3n) is 5.58. The molecule has 0 saturated heterocycles. The quantitative estimate of drug-likeness (QED) is 0.525. The highest BCUT2D eigenvalue weighted by Gasteiger charge is 2.23. The second kappa shape index (κ2) is 7.47. The van der Waals surface area contributed by atoms with Crippen LogP contribution in [0.1, 0.15) is 49.7 Å². The van der Waals surface area contributed by atoms with Crippen LogP contribution < -0.4 is 5.84 Å². The Labute approximate surface area is 159 Å². The molecule has 4 rings (SSSR count). The van der Waals surface area contributed by atoms with Gasteiger partial charge in [0, 0.05) is 24.3 Å². The molecule has 0 bridgehead atoms. The molecule has 4 heteroatoms. The van der Waals surface area contributed by atoms with Gasteiger partial charge in [0.1, 0.15) is 0 Å². The highest BCUT2D eigenvalue weighted by atomic mass is 16.5. The molecule has 4 nitrogen and oxygen atoms in total. The molecular weight excluding hydrogens is 336 g/mol. The van der Waals surface area contributed by atoms with Crippen LogP contribution >= 0.6 is 0 Å². The minimum Gasteiger partial charge on any atom is -0.466 e. The summed E-state index contributed by atoms with van der Waals surface area (Å²) >= 11 is 0. The highest BCUT2D eigenvalue weighted by molar-refractivity contribution is 5.90. The minimum absolute atomic E-state index is 0.230. The van der Waals surface area contributed by atoms with Crippen molar-refractivity contribution in [3.63, 3.8) is 0 Å². The third kappa shape index (κ3) is 3.57. The summed E-state index contributed by atoms with van der Waals surface area (Å²) in [7, 11) is 0. The molecule has 1 aliphatic carbocycles. The largest absolute Gasteiger partial charge is 0.466 e. The van der Waals surface area contributed by atoms with E-state index >= 15 is 0 Å². The summed E-state index contributed by atoms with van der Waals surface area (Å²) in [6, 6.07) is 16.9. The highest BCUT2D eigenvalue weighted by Crippen LogP contribution is 2.40. The van der Waals surface area contributed by atoms with Crippen molar-refractivity contribution < 1.29 is 9.53 Å². The number of nitrogens with zero attached hydrogens (tertiary/aromatic N) is 1. The Kier molecular flexibility index (Phi) is 4.88. The first-order valence-corrected chi connectivity index (χ1v) is 9.75. The summed E-state index contributed by atoms with van der Waals surface area (Å²) in [6.07, 6.45) is 5.72. The maximum atomic E-state index is 11.1. The number of rotatable bonds is 5. The Hall–Kier alpha value is -2.75. The topological polar surface area (TPSA) is 57.2 Å². The van der Waals surface area contributed by atoms with Crippen LogP contribution in [0, 0.1) is 0 Å². The molecule has 0 amide bonds. The number of nitrogens with two attached hydrogens (primary N) is 1. The van der Waals surface area contributed by atoms with Crippen molar-refractivity contribution in [2.24, 2.45) is 0 Å². The summed E-state index contributed by atoms with van der Waals surface area (Å²) in [5, 5.41) is 1.17. The Morgan fingerprint density at radius 1 is 1.15 bits per heavy atom. The molecular formula is C23H26N2O2. The number of hydrogen-bond donors (Lipinski definition) is 1. The molecule has 2 aromatic carbocycles. The Morgan fingerprint density at radius 2 is 1.89 bits per heavy atom. The lowest BCUT2D eigenvalue weighted by atomic mass is 9.93. The molecule has 0 spiro atoms. The first kappa shape index (κ1) is 17.7. The maximum Gasteiger partial charge on any atom is 0.302 e. The maximum absolute atomic E-state index is 11.1. The van der Waals surface area contributed by atoms with Crippen LogP contribution in [0.2, 0.25) is 0 Å². The van der Waals surface area contributed by atoms with E-state index in [1.54, 1.807) is 0 Å². The van der Waals surface area contributed by atoms with E-state index in [1.165, 1.54) is 49.1 Å². The zero-order valence-electron chi connectivity index (χ0n) is 15.8. The molecule has 1 fully saturated rings. The molecule has 27 heavy (non-hydrogen) atoms. The third-order valence-corrected chi connectivity index (χ3v) is 5.58. The minimum atomic E-state index is -0.230. The molecule has 140 valence electrons. The molecule has 1 saturated carbocycles. The van der Waals surface area contributed by atoms with E-state index in [0.717, 1.165) is 23.2 Å². The predicted octanol–water partition coefficient (Wildman–Crippen LogP) is 4.79.